The van der Waals surface area contributed by atoms with Crippen LogP contribution < -0.4 is 0 Å². The van der Waals surface area contributed by atoms with Gasteiger partial charge in [-0.1, -0.05) is 32.6 Å². The Bertz CT molecular complexity index is 748. The molecule has 0 aliphatic rings. The minimum atomic E-state index is -0.478. The van der Waals surface area contributed by atoms with Gasteiger partial charge in [-0.15, -0.1) is 0 Å². The molecular formula is C19H25N3O3. The number of aryl methyl sites for hydroxylation is 1. The Balaban J connectivity index is 2.12. The fraction of sp³-hybridized carbons (Fsp3) is 0.474. The summed E-state index contributed by atoms with van der Waals surface area (Å²) >= 11 is 0. The van der Waals surface area contributed by atoms with E-state index in [-0.39, 0.29) is 11.6 Å². The van der Waals surface area contributed by atoms with Gasteiger partial charge in [0.05, 0.1) is 10.6 Å². The fourth-order valence-corrected chi connectivity index (χ4v) is 2.99. The van der Waals surface area contributed by atoms with Crippen LogP contribution in [0, 0.1) is 24.0 Å². The van der Waals surface area contributed by atoms with Crippen molar-refractivity contribution in [3.63, 3.8) is 0 Å². The third-order valence-corrected chi connectivity index (χ3v) is 4.49. The summed E-state index contributed by atoms with van der Waals surface area (Å²) in [6.07, 6.45) is 6.93. The van der Waals surface area contributed by atoms with Gasteiger partial charge in [0, 0.05) is 23.4 Å². The van der Waals surface area contributed by atoms with Gasteiger partial charge in [0.15, 0.2) is 0 Å². The molecule has 0 saturated carbocycles. The number of hydrogen-bond donors (Lipinski definition) is 0. The molecule has 1 aromatic carbocycles. The molecule has 0 bridgehead atoms. The van der Waals surface area contributed by atoms with Gasteiger partial charge < -0.3 is 0 Å². The van der Waals surface area contributed by atoms with Gasteiger partial charge in [-0.3, -0.25) is 14.9 Å². The predicted molar refractivity (Wildman–Crippen MR) is 97.0 cm³/mol. The molecule has 0 aliphatic heterocycles. The number of carbonyl (C=O) groups excluding carboxylic acids is 1. The van der Waals surface area contributed by atoms with Crippen molar-refractivity contribution in [2.24, 2.45) is 0 Å². The normalized spacial score (nSPS) is 10.8. The van der Waals surface area contributed by atoms with Gasteiger partial charge in [0.2, 0.25) is 0 Å². The van der Waals surface area contributed by atoms with Crippen molar-refractivity contribution in [3.8, 4) is 0 Å². The van der Waals surface area contributed by atoms with E-state index < -0.39 is 4.92 Å². The van der Waals surface area contributed by atoms with E-state index in [9.17, 15) is 14.9 Å². The van der Waals surface area contributed by atoms with Crippen LogP contribution in [0.25, 0.3) is 0 Å². The lowest BCUT2D eigenvalue weighted by atomic mass is 10.0. The second kappa shape index (κ2) is 8.55. The van der Waals surface area contributed by atoms with Gasteiger partial charge in [-0.2, -0.15) is 5.10 Å². The zero-order valence-corrected chi connectivity index (χ0v) is 15.1. The highest BCUT2D eigenvalue weighted by molar-refractivity contribution is 5.96. The van der Waals surface area contributed by atoms with Crippen LogP contribution in [0.3, 0.4) is 0 Å². The molecule has 134 valence electrons. The van der Waals surface area contributed by atoms with E-state index in [1.165, 1.54) is 54.6 Å². The van der Waals surface area contributed by atoms with Crippen LogP contribution in [-0.4, -0.2) is 20.6 Å². The van der Waals surface area contributed by atoms with Crippen LogP contribution >= 0.6 is 0 Å². The molecule has 0 spiro atoms. The summed E-state index contributed by atoms with van der Waals surface area (Å²) < 4.78 is 1.41. The van der Waals surface area contributed by atoms with E-state index in [1.54, 1.807) is 0 Å². The summed E-state index contributed by atoms with van der Waals surface area (Å²) in [5.74, 6) is -0.257. The highest BCUT2D eigenvalue weighted by Gasteiger charge is 2.18. The molecule has 0 atom stereocenters. The first kappa shape index (κ1) is 18.8. The maximum atomic E-state index is 12.7. The molecule has 0 radical (unpaired) electrons. The lowest BCUT2D eigenvalue weighted by Gasteiger charge is -2.05. The molecule has 0 aliphatic carbocycles. The van der Waals surface area contributed by atoms with Gasteiger partial charge in [0.1, 0.15) is 0 Å². The number of hydrogen-bond acceptors (Lipinski definition) is 4. The Morgan fingerprint density at radius 1 is 1.12 bits per heavy atom. The van der Waals surface area contributed by atoms with E-state index in [2.05, 4.69) is 12.0 Å². The molecular weight excluding hydrogens is 318 g/mol. The van der Waals surface area contributed by atoms with E-state index >= 15 is 0 Å². The Hall–Kier alpha value is -2.50. The van der Waals surface area contributed by atoms with Crippen molar-refractivity contribution in [1.29, 1.82) is 0 Å². The van der Waals surface area contributed by atoms with Crippen LogP contribution in [0.2, 0.25) is 0 Å². The van der Waals surface area contributed by atoms with Crippen molar-refractivity contribution in [1.82, 2.24) is 9.78 Å². The highest BCUT2D eigenvalue weighted by atomic mass is 16.6. The monoisotopic (exact) mass is 343 g/mol. The molecule has 25 heavy (non-hydrogen) atoms. The molecule has 0 saturated heterocycles. The number of nitro groups is 1. The second-order valence-corrected chi connectivity index (χ2v) is 6.33. The number of carbonyl (C=O) groups is 1. The summed E-state index contributed by atoms with van der Waals surface area (Å²) in [7, 11) is 0. The first-order valence-electron chi connectivity index (χ1n) is 8.80. The van der Waals surface area contributed by atoms with Crippen LogP contribution in [0.4, 0.5) is 5.69 Å². The molecule has 2 aromatic rings. The number of rotatable bonds is 8. The van der Waals surface area contributed by atoms with Crippen LogP contribution in [0.1, 0.15) is 66.3 Å². The number of non-ortho nitro benzene ring substituents is 1. The summed E-state index contributed by atoms with van der Waals surface area (Å²) in [6.45, 7) is 6.03. The van der Waals surface area contributed by atoms with Gasteiger partial charge in [-0.25, -0.2) is 4.68 Å². The number of benzene rings is 1. The lowest BCUT2D eigenvalue weighted by molar-refractivity contribution is -0.384. The number of unbranched alkanes of at least 4 members (excludes halogenated alkanes) is 4. The van der Waals surface area contributed by atoms with Crippen molar-refractivity contribution >= 4 is 11.6 Å². The van der Waals surface area contributed by atoms with Gasteiger partial charge in [-0.05, 0) is 44.4 Å². The molecule has 0 unspecified atom stereocenters. The van der Waals surface area contributed by atoms with Crippen LogP contribution in [-0.2, 0) is 6.42 Å². The molecule has 2 rings (SSSR count). The molecule has 0 amide bonds. The standard InChI is InChI=1S/C19H25N3O3/c1-4-5-6-7-8-9-18-14(2)20-21(15(18)3)19(23)16-10-12-17(13-11-16)22(24)25/h10-13H,4-9H2,1-3H3. The smallest absolute Gasteiger partial charge is 0.267 e. The van der Waals surface area contributed by atoms with Crippen molar-refractivity contribution in [3.05, 3.63) is 56.9 Å². The lowest BCUT2D eigenvalue weighted by Crippen LogP contribution is -2.15. The quantitative estimate of drug-likeness (QED) is 0.398. The first-order valence-corrected chi connectivity index (χ1v) is 8.80. The molecule has 6 heteroatoms. The number of aromatic nitrogens is 2. The zero-order valence-electron chi connectivity index (χ0n) is 15.1. The van der Waals surface area contributed by atoms with Crippen molar-refractivity contribution in [2.75, 3.05) is 0 Å². The molecule has 0 fully saturated rings. The van der Waals surface area contributed by atoms with Crippen LogP contribution in [0.15, 0.2) is 24.3 Å². The second-order valence-electron chi connectivity index (χ2n) is 6.33. The molecule has 0 N–H and O–H groups in total. The number of nitro benzene ring substituents is 1. The average Bonchev–Trinajstić information content (AvgIpc) is 2.89. The van der Waals surface area contributed by atoms with E-state index in [0.717, 1.165) is 29.8 Å². The maximum absolute atomic E-state index is 12.7. The first-order chi connectivity index (χ1) is 12.0. The topological polar surface area (TPSA) is 78.0 Å². The summed E-state index contributed by atoms with van der Waals surface area (Å²) in [4.78, 5) is 22.9. The Labute approximate surface area is 148 Å². The molecule has 1 aromatic heterocycles. The summed E-state index contributed by atoms with van der Waals surface area (Å²) in [5.41, 5.74) is 3.23. The Kier molecular flexibility index (Phi) is 6.44. The Morgan fingerprint density at radius 2 is 1.76 bits per heavy atom. The average molecular weight is 343 g/mol. The number of nitrogens with zero attached hydrogens (tertiary/aromatic N) is 3. The van der Waals surface area contributed by atoms with Gasteiger partial charge in [0.25, 0.3) is 11.6 Å². The van der Waals surface area contributed by atoms with Crippen molar-refractivity contribution < 1.29 is 9.72 Å². The van der Waals surface area contributed by atoms with E-state index in [1.807, 2.05) is 13.8 Å². The van der Waals surface area contributed by atoms with E-state index in [4.69, 9.17) is 0 Å². The van der Waals surface area contributed by atoms with Crippen molar-refractivity contribution in [2.45, 2.75) is 59.3 Å². The fourth-order valence-electron chi connectivity index (χ4n) is 2.99. The minimum Gasteiger partial charge on any atom is -0.267 e. The van der Waals surface area contributed by atoms with Gasteiger partial charge >= 0.3 is 0 Å². The largest absolute Gasteiger partial charge is 0.278 e. The predicted octanol–water partition coefficient (Wildman–Crippen LogP) is 4.61. The van der Waals surface area contributed by atoms with E-state index in [0.29, 0.717) is 5.56 Å². The highest BCUT2D eigenvalue weighted by Crippen LogP contribution is 2.19. The zero-order chi connectivity index (χ0) is 18.4. The summed E-state index contributed by atoms with van der Waals surface area (Å²) in [5, 5.41) is 15.1. The third-order valence-electron chi connectivity index (χ3n) is 4.49. The maximum Gasteiger partial charge on any atom is 0.278 e. The van der Waals surface area contributed by atoms with Crippen LogP contribution in [0.5, 0.6) is 0 Å². The SMILES string of the molecule is CCCCCCCc1c(C)nn(C(=O)c2ccc([N+](=O)[O-])cc2)c1C. The third kappa shape index (κ3) is 4.53. The Morgan fingerprint density at radius 3 is 2.36 bits per heavy atom. The minimum absolute atomic E-state index is 0.0299. The molecule has 1 heterocycles. The molecule has 6 nitrogen and oxygen atoms in total. The summed E-state index contributed by atoms with van der Waals surface area (Å²) in [6, 6.07) is 5.63.